The first kappa shape index (κ1) is 13.8. The third-order valence-corrected chi connectivity index (χ3v) is 6.08. The molecular formula is C15H26O4. The molecule has 110 valence electrons. The standard InChI is InChI=1S/C15H26O4/c1-9(2)11-6-14-10(3)4-5-12(14)13(17,8-16)7-15(11,18)19-14/h9-12,16-18H,4-8H2,1-3H3. The molecule has 3 aliphatic rings. The largest absolute Gasteiger partial charge is 0.393 e. The van der Waals surface area contributed by atoms with Gasteiger partial charge in [-0.25, -0.2) is 0 Å². The Morgan fingerprint density at radius 1 is 1.26 bits per heavy atom. The van der Waals surface area contributed by atoms with E-state index in [1.165, 1.54) is 0 Å². The summed E-state index contributed by atoms with van der Waals surface area (Å²) in [6, 6.07) is 0. The smallest absolute Gasteiger partial charge is 0.172 e. The Kier molecular flexibility index (Phi) is 2.86. The van der Waals surface area contributed by atoms with Gasteiger partial charge in [0.05, 0.1) is 17.8 Å². The number of hydrogen-bond donors (Lipinski definition) is 3. The van der Waals surface area contributed by atoms with E-state index in [-0.39, 0.29) is 24.9 Å². The molecular weight excluding hydrogens is 244 g/mol. The van der Waals surface area contributed by atoms with Crippen molar-refractivity contribution in [2.24, 2.45) is 23.7 Å². The van der Waals surface area contributed by atoms with Crippen LogP contribution in [-0.4, -0.2) is 38.9 Å². The van der Waals surface area contributed by atoms with Crippen molar-refractivity contribution in [2.75, 3.05) is 6.61 Å². The van der Waals surface area contributed by atoms with Gasteiger partial charge in [0, 0.05) is 18.3 Å². The first-order valence-electron chi connectivity index (χ1n) is 7.53. The number of rotatable bonds is 2. The molecule has 19 heavy (non-hydrogen) atoms. The highest BCUT2D eigenvalue weighted by atomic mass is 16.7. The summed E-state index contributed by atoms with van der Waals surface area (Å²) in [5.41, 5.74) is -1.64. The van der Waals surface area contributed by atoms with Crippen LogP contribution in [-0.2, 0) is 4.74 Å². The van der Waals surface area contributed by atoms with E-state index in [9.17, 15) is 15.3 Å². The van der Waals surface area contributed by atoms with Gasteiger partial charge < -0.3 is 20.1 Å². The van der Waals surface area contributed by atoms with E-state index >= 15 is 0 Å². The molecule has 1 spiro atoms. The third-order valence-electron chi connectivity index (χ3n) is 6.08. The lowest BCUT2D eigenvalue weighted by Gasteiger charge is -2.50. The van der Waals surface area contributed by atoms with Gasteiger partial charge in [0.25, 0.3) is 0 Å². The maximum absolute atomic E-state index is 10.9. The van der Waals surface area contributed by atoms with E-state index in [1.807, 2.05) is 0 Å². The molecule has 3 rings (SSSR count). The summed E-state index contributed by atoms with van der Waals surface area (Å²) >= 11 is 0. The molecule has 4 nitrogen and oxygen atoms in total. The minimum atomic E-state index is -1.28. The van der Waals surface area contributed by atoms with E-state index in [0.29, 0.717) is 11.8 Å². The minimum Gasteiger partial charge on any atom is -0.393 e. The van der Waals surface area contributed by atoms with Gasteiger partial charge in [-0.15, -0.1) is 0 Å². The maximum Gasteiger partial charge on any atom is 0.172 e. The Morgan fingerprint density at radius 3 is 2.53 bits per heavy atom. The second kappa shape index (κ2) is 3.94. The normalized spacial score (nSPS) is 56.7. The molecule has 2 aliphatic heterocycles. The second-order valence-electron chi connectivity index (χ2n) is 7.43. The van der Waals surface area contributed by atoms with Crippen molar-refractivity contribution in [3.05, 3.63) is 0 Å². The van der Waals surface area contributed by atoms with Crippen molar-refractivity contribution in [1.82, 2.24) is 0 Å². The lowest BCUT2D eigenvalue weighted by atomic mass is 9.72. The van der Waals surface area contributed by atoms with Crippen LogP contribution in [0.2, 0.25) is 0 Å². The Hall–Kier alpha value is -0.160. The van der Waals surface area contributed by atoms with E-state index in [4.69, 9.17) is 4.74 Å². The van der Waals surface area contributed by atoms with Crippen LogP contribution in [0, 0.1) is 23.7 Å². The van der Waals surface area contributed by atoms with Crippen molar-refractivity contribution < 1.29 is 20.1 Å². The van der Waals surface area contributed by atoms with Crippen molar-refractivity contribution in [1.29, 1.82) is 0 Å². The van der Waals surface area contributed by atoms with Crippen LogP contribution in [0.25, 0.3) is 0 Å². The van der Waals surface area contributed by atoms with Crippen molar-refractivity contribution >= 4 is 0 Å². The van der Waals surface area contributed by atoms with Gasteiger partial charge in [-0.3, -0.25) is 0 Å². The molecule has 0 aromatic rings. The highest BCUT2D eigenvalue weighted by Crippen LogP contribution is 2.65. The molecule has 0 aromatic carbocycles. The van der Waals surface area contributed by atoms with Crippen LogP contribution >= 0.6 is 0 Å². The minimum absolute atomic E-state index is 0.0381. The zero-order valence-corrected chi connectivity index (χ0v) is 12.1. The molecule has 0 amide bonds. The predicted molar refractivity (Wildman–Crippen MR) is 70.3 cm³/mol. The lowest BCUT2D eigenvalue weighted by molar-refractivity contribution is -0.329. The Labute approximate surface area is 114 Å². The van der Waals surface area contributed by atoms with Gasteiger partial charge in [-0.05, 0) is 31.1 Å². The Bertz CT molecular complexity index is 380. The summed E-state index contributed by atoms with van der Waals surface area (Å²) in [7, 11) is 0. The zero-order chi connectivity index (χ0) is 14.1. The molecule has 1 aliphatic carbocycles. The fourth-order valence-corrected chi connectivity index (χ4v) is 5.09. The van der Waals surface area contributed by atoms with Gasteiger partial charge in [0.2, 0.25) is 0 Å². The van der Waals surface area contributed by atoms with Crippen LogP contribution < -0.4 is 0 Å². The number of hydrogen-bond acceptors (Lipinski definition) is 4. The van der Waals surface area contributed by atoms with E-state index in [2.05, 4.69) is 20.8 Å². The van der Waals surface area contributed by atoms with Crippen LogP contribution in [0.15, 0.2) is 0 Å². The molecule has 0 aromatic heterocycles. The fourth-order valence-electron chi connectivity index (χ4n) is 5.09. The van der Waals surface area contributed by atoms with Crippen LogP contribution in [0.1, 0.15) is 46.5 Å². The number of aliphatic hydroxyl groups is 3. The Morgan fingerprint density at radius 2 is 1.95 bits per heavy atom. The van der Waals surface area contributed by atoms with Crippen LogP contribution in [0.4, 0.5) is 0 Å². The average Bonchev–Trinajstić information content (AvgIpc) is 2.77. The first-order valence-corrected chi connectivity index (χ1v) is 7.53. The van der Waals surface area contributed by atoms with E-state index in [0.717, 1.165) is 19.3 Å². The Balaban J connectivity index is 2.07. The molecule has 1 saturated carbocycles. The number of ether oxygens (including phenoxy) is 1. The summed E-state index contributed by atoms with van der Waals surface area (Å²) in [5, 5.41) is 31.4. The van der Waals surface area contributed by atoms with Crippen LogP contribution in [0.3, 0.4) is 0 Å². The van der Waals surface area contributed by atoms with Gasteiger partial charge in [-0.1, -0.05) is 20.8 Å². The van der Waals surface area contributed by atoms with Crippen LogP contribution in [0.5, 0.6) is 0 Å². The SMILES string of the molecule is CC(C)C1CC23OC1(O)CC(O)(CO)C2CCC3C. The molecule has 4 heteroatoms. The molecule has 6 atom stereocenters. The summed E-state index contributed by atoms with van der Waals surface area (Å²) in [4.78, 5) is 0. The predicted octanol–water partition coefficient (Wildman–Crippen LogP) is 1.28. The third kappa shape index (κ3) is 1.60. The molecule has 2 heterocycles. The second-order valence-corrected chi connectivity index (χ2v) is 7.43. The zero-order valence-electron chi connectivity index (χ0n) is 12.1. The topological polar surface area (TPSA) is 69.9 Å². The van der Waals surface area contributed by atoms with Gasteiger partial charge in [0.15, 0.2) is 5.79 Å². The van der Waals surface area contributed by atoms with Crippen molar-refractivity contribution in [3.8, 4) is 0 Å². The van der Waals surface area contributed by atoms with E-state index in [1.54, 1.807) is 0 Å². The molecule has 3 fully saturated rings. The molecule has 3 N–H and O–H groups in total. The maximum atomic E-state index is 10.9. The van der Waals surface area contributed by atoms with Gasteiger partial charge in [0.1, 0.15) is 0 Å². The quantitative estimate of drug-likeness (QED) is 0.707. The number of aliphatic hydroxyl groups excluding tert-OH is 1. The average molecular weight is 270 g/mol. The highest BCUT2D eigenvalue weighted by molar-refractivity contribution is 5.18. The number of fused-ring (bicyclic) bond motifs is 1. The summed E-state index contributed by atoms with van der Waals surface area (Å²) in [6.07, 6.45) is 2.81. The van der Waals surface area contributed by atoms with E-state index < -0.39 is 17.0 Å². The highest BCUT2D eigenvalue weighted by Gasteiger charge is 2.72. The lowest BCUT2D eigenvalue weighted by Crippen LogP contribution is -2.61. The molecule has 6 unspecified atom stereocenters. The summed E-state index contributed by atoms with van der Waals surface area (Å²) in [5.74, 6) is -0.661. The molecule has 2 bridgehead atoms. The monoisotopic (exact) mass is 270 g/mol. The van der Waals surface area contributed by atoms with Crippen molar-refractivity contribution in [3.63, 3.8) is 0 Å². The summed E-state index contributed by atoms with van der Waals surface area (Å²) < 4.78 is 6.16. The molecule has 0 radical (unpaired) electrons. The molecule has 2 saturated heterocycles. The summed E-state index contributed by atoms with van der Waals surface area (Å²) in [6.45, 7) is 6.04. The van der Waals surface area contributed by atoms with Crippen molar-refractivity contribution in [2.45, 2.75) is 63.4 Å². The first-order chi connectivity index (χ1) is 8.77. The van der Waals surface area contributed by atoms with Gasteiger partial charge in [-0.2, -0.15) is 0 Å². The fraction of sp³-hybridized carbons (Fsp3) is 1.00. The van der Waals surface area contributed by atoms with Gasteiger partial charge >= 0.3 is 0 Å².